The Morgan fingerprint density at radius 3 is 2.41 bits per heavy atom. The van der Waals surface area contributed by atoms with E-state index in [0.29, 0.717) is 34.9 Å². The molecule has 0 spiro atoms. The van der Waals surface area contributed by atoms with Gasteiger partial charge in [-0.3, -0.25) is 9.59 Å². The Balaban J connectivity index is 1.57. The number of carbonyl (C=O) groups is 3. The Morgan fingerprint density at radius 1 is 0.946 bits per heavy atom. The predicted molar refractivity (Wildman–Crippen MR) is 140 cm³/mol. The van der Waals surface area contributed by atoms with Crippen LogP contribution in [-0.2, 0) is 9.59 Å². The molecule has 0 aromatic heterocycles. The molecular formula is C28H29N3O6. The smallest absolute Gasteiger partial charge is 0.343 e. The number of hydrazone groups is 1. The van der Waals surface area contributed by atoms with Crippen molar-refractivity contribution in [2.45, 2.75) is 26.7 Å². The fourth-order valence-electron chi connectivity index (χ4n) is 3.14. The lowest BCUT2D eigenvalue weighted by Crippen LogP contribution is -2.32. The number of hydrogen-bond donors (Lipinski definition) is 2. The summed E-state index contributed by atoms with van der Waals surface area (Å²) < 4.78 is 16.4. The van der Waals surface area contributed by atoms with Gasteiger partial charge < -0.3 is 19.5 Å². The van der Waals surface area contributed by atoms with Crippen LogP contribution in [0.5, 0.6) is 17.2 Å². The monoisotopic (exact) mass is 503 g/mol. The molecule has 0 saturated heterocycles. The molecule has 3 rings (SSSR count). The number of para-hydroxylation sites is 1. The van der Waals surface area contributed by atoms with Crippen LogP contribution in [0.4, 0.5) is 5.69 Å². The molecule has 0 saturated carbocycles. The molecule has 0 unspecified atom stereocenters. The van der Waals surface area contributed by atoms with Crippen molar-refractivity contribution in [3.05, 3.63) is 83.4 Å². The highest BCUT2D eigenvalue weighted by atomic mass is 16.6. The standard InChI is InChI=1S/C28H29N3O6/c1-4-5-16-36-22-13-11-21(12-14-22)28(34)37-24-15-10-20(17-25(24)35-3)18-29-31-27(33)26(32)30-23-9-7-6-8-19(23)2/h6-15,17-18H,4-5,16H2,1-3H3,(H,30,32)(H,31,33). The van der Waals surface area contributed by atoms with Crippen LogP contribution >= 0.6 is 0 Å². The number of unbranched alkanes of at least 4 members (excludes halogenated alkanes) is 1. The van der Waals surface area contributed by atoms with E-state index in [4.69, 9.17) is 14.2 Å². The number of nitrogens with zero attached hydrogens (tertiary/aromatic N) is 1. The molecule has 9 nitrogen and oxygen atoms in total. The summed E-state index contributed by atoms with van der Waals surface area (Å²) >= 11 is 0. The molecule has 0 aliphatic heterocycles. The Bertz CT molecular complexity index is 1270. The highest BCUT2D eigenvalue weighted by molar-refractivity contribution is 6.39. The maximum atomic E-state index is 12.6. The molecule has 0 bridgehead atoms. The third-order valence-electron chi connectivity index (χ3n) is 5.23. The SMILES string of the molecule is CCCCOc1ccc(C(=O)Oc2ccc(C=NNC(=O)C(=O)Nc3ccccc3C)cc2OC)cc1. The summed E-state index contributed by atoms with van der Waals surface area (Å²) in [4.78, 5) is 36.7. The number of nitrogens with one attached hydrogen (secondary N) is 2. The number of benzene rings is 3. The van der Waals surface area contributed by atoms with Crippen LogP contribution in [-0.4, -0.2) is 37.7 Å². The van der Waals surface area contributed by atoms with Gasteiger partial charge in [-0.05, 0) is 73.0 Å². The van der Waals surface area contributed by atoms with Crippen LogP contribution in [0.15, 0.2) is 71.8 Å². The summed E-state index contributed by atoms with van der Waals surface area (Å²) in [5, 5.41) is 6.34. The molecule has 9 heteroatoms. The third-order valence-corrected chi connectivity index (χ3v) is 5.23. The second-order valence-electron chi connectivity index (χ2n) is 7.99. The summed E-state index contributed by atoms with van der Waals surface area (Å²) in [5.74, 6) is -1.11. The summed E-state index contributed by atoms with van der Waals surface area (Å²) in [6, 6.07) is 18.6. The van der Waals surface area contributed by atoms with Gasteiger partial charge >= 0.3 is 17.8 Å². The van der Waals surface area contributed by atoms with E-state index in [1.165, 1.54) is 13.3 Å². The molecule has 0 aliphatic rings. The molecule has 0 heterocycles. The van der Waals surface area contributed by atoms with Gasteiger partial charge in [0.25, 0.3) is 0 Å². The van der Waals surface area contributed by atoms with E-state index in [2.05, 4.69) is 22.8 Å². The zero-order valence-corrected chi connectivity index (χ0v) is 20.9. The fraction of sp³-hybridized carbons (Fsp3) is 0.214. The summed E-state index contributed by atoms with van der Waals surface area (Å²) in [6.07, 6.45) is 3.33. The number of carbonyl (C=O) groups excluding carboxylic acids is 3. The van der Waals surface area contributed by atoms with Gasteiger partial charge in [-0.2, -0.15) is 5.10 Å². The first-order valence-corrected chi connectivity index (χ1v) is 11.7. The minimum Gasteiger partial charge on any atom is -0.494 e. The van der Waals surface area contributed by atoms with Gasteiger partial charge in [0, 0.05) is 5.69 Å². The Kier molecular flexibility index (Phi) is 9.78. The van der Waals surface area contributed by atoms with E-state index >= 15 is 0 Å². The molecule has 0 fully saturated rings. The molecule has 0 radical (unpaired) electrons. The maximum absolute atomic E-state index is 12.6. The van der Waals surface area contributed by atoms with E-state index in [1.807, 2.05) is 19.1 Å². The fourth-order valence-corrected chi connectivity index (χ4v) is 3.14. The highest BCUT2D eigenvalue weighted by Gasteiger charge is 2.15. The zero-order valence-electron chi connectivity index (χ0n) is 20.9. The van der Waals surface area contributed by atoms with Gasteiger partial charge in [0.2, 0.25) is 0 Å². The topological polar surface area (TPSA) is 115 Å². The van der Waals surface area contributed by atoms with E-state index in [1.54, 1.807) is 54.6 Å². The van der Waals surface area contributed by atoms with Crippen molar-refractivity contribution < 1.29 is 28.6 Å². The number of hydrogen-bond acceptors (Lipinski definition) is 7. The van der Waals surface area contributed by atoms with Crippen LogP contribution in [0.1, 0.15) is 41.3 Å². The van der Waals surface area contributed by atoms with Crippen LogP contribution in [0, 0.1) is 6.92 Å². The minimum atomic E-state index is -0.918. The number of rotatable bonds is 10. The lowest BCUT2D eigenvalue weighted by atomic mass is 10.2. The average molecular weight is 504 g/mol. The van der Waals surface area contributed by atoms with Crippen molar-refractivity contribution in [1.82, 2.24) is 5.43 Å². The van der Waals surface area contributed by atoms with Crippen molar-refractivity contribution in [2.75, 3.05) is 19.0 Å². The highest BCUT2D eigenvalue weighted by Crippen LogP contribution is 2.28. The Labute approximate surface area is 215 Å². The van der Waals surface area contributed by atoms with Gasteiger partial charge in [0.05, 0.1) is 25.5 Å². The number of ether oxygens (including phenoxy) is 3. The Morgan fingerprint density at radius 2 is 1.70 bits per heavy atom. The largest absolute Gasteiger partial charge is 0.494 e. The van der Waals surface area contributed by atoms with Gasteiger partial charge in [0.15, 0.2) is 11.5 Å². The van der Waals surface area contributed by atoms with Gasteiger partial charge in [-0.25, -0.2) is 10.2 Å². The first-order chi connectivity index (χ1) is 17.9. The number of anilines is 1. The van der Waals surface area contributed by atoms with Crippen molar-refractivity contribution in [2.24, 2.45) is 5.10 Å². The lowest BCUT2D eigenvalue weighted by molar-refractivity contribution is -0.136. The average Bonchev–Trinajstić information content (AvgIpc) is 2.91. The Hall–Kier alpha value is -4.66. The normalized spacial score (nSPS) is 10.6. The summed E-state index contributed by atoms with van der Waals surface area (Å²) in [6.45, 7) is 4.53. The van der Waals surface area contributed by atoms with E-state index in [-0.39, 0.29) is 5.75 Å². The number of esters is 1. The quantitative estimate of drug-likeness (QED) is 0.105. The lowest BCUT2D eigenvalue weighted by Gasteiger charge is -2.10. The molecule has 3 aromatic carbocycles. The van der Waals surface area contributed by atoms with Gasteiger partial charge in [0.1, 0.15) is 5.75 Å². The van der Waals surface area contributed by atoms with Crippen molar-refractivity contribution >= 4 is 29.7 Å². The van der Waals surface area contributed by atoms with Crippen LogP contribution in [0.2, 0.25) is 0 Å². The second kappa shape index (κ2) is 13.4. The zero-order chi connectivity index (χ0) is 26.6. The van der Waals surface area contributed by atoms with E-state index < -0.39 is 17.8 Å². The number of methoxy groups -OCH3 is 1. The summed E-state index contributed by atoms with van der Waals surface area (Å²) in [5.41, 5.74) is 4.46. The number of amides is 2. The van der Waals surface area contributed by atoms with Crippen molar-refractivity contribution in [3.63, 3.8) is 0 Å². The molecular weight excluding hydrogens is 474 g/mol. The maximum Gasteiger partial charge on any atom is 0.343 e. The molecule has 37 heavy (non-hydrogen) atoms. The third kappa shape index (κ3) is 7.93. The van der Waals surface area contributed by atoms with Crippen LogP contribution in [0.3, 0.4) is 0 Å². The second-order valence-corrected chi connectivity index (χ2v) is 7.99. The van der Waals surface area contributed by atoms with E-state index in [9.17, 15) is 14.4 Å². The molecule has 0 atom stereocenters. The first kappa shape index (κ1) is 26.9. The van der Waals surface area contributed by atoms with Gasteiger partial charge in [-0.1, -0.05) is 31.5 Å². The van der Waals surface area contributed by atoms with Crippen molar-refractivity contribution in [3.8, 4) is 17.2 Å². The van der Waals surface area contributed by atoms with Crippen LogP contribution in [0.25, 0.3) is 0 Å². The minimum absolute atomic E-state index is 0.217. The van der Waals surface area contributed by atoms with Crippen molar-refractivity contribution in [1.29, 1.82) is 0 Å². The molecule has 0 aliphatic carbocycles. The van der Waals surface area contributed by atoms with E-state index in [0.717, 1.165) is 18.4 Å². The predicted octanol–water partition coefficient (Wildman–Crippen LogP) is 4.49. The molecule has 2 N–H and O–H groups in total. The summed E-state index contributed by atoms with van der Waals surface area (Å²) in [7, 11) is 1.44. The van der Waals surface area contributed by atoms with Crippen LogP contribution < -0.4 is 25.0 Å². The number of aryl methyl sites for hydroxylation is 1. The first-order valence-electron chi connectivity index (χ1n) is 11.7. The van der Waals surface area contributed by atoms with Gasteiger partial charge in [-0.15, -0.1) is 0 Å². The molecule has 2 amide bonds. The molecule has 3 aromatic rings. The molecule has 192 valence electrons.